The molecule has 2 atom stereocenters. The topological polar surface area (TPSA) is 64.6 Å². The van der Waals surface area contributed by atoms with E-state index < -0.39 is 17.1 Å². The molecule has 0 aromatic carbocycles. The van der Waals surface area contributed by atoms with E-state index in [4.69, 9.17) is 9.47 Å². The third-order valence-corrected chi connectivity index (χ3v) is 3.96. The fourth-order valence-electron chi connectivity index (χ4n) is 2.97. The van der Waals surface area contributed by atoms with Crippen molar-refractivity contribution in [1.29, 1.82) is 0 Å². The van der Waals surface area contributed by atoms with Gasteiger partial charge in [-0.15, -0.1) is 0 Å². The van der Waals surface area contributed by atoms with E-state index in [0.29, 0.717) is 6.42 Å². The van der Waals surface area contributed by atoms with E-state index in [1.54, 1.807) is 0 Å². The Labute approximate surface area is 127 Å². The summed E-state index contributed by atoms with van der Waals surface area (Å²) in [6, 6.07) is -0.0178. The van der Waals surface area contributed by atoms with E-state index in [0.717, 1.165) is 32.1 Å². The monoisotopic (exact) mass is 299 g/mol. The summed E-state index contributed by atoms with van der Waals surface area (Å²) in [5.41, 5.74) is -0.950. The van der Waals surface area contributed by atoms with Gasteiger partial charge in [-0.25, -0.2) is 4.79 Å². The van der Waals surface area contributed by atoms with Gasteiger partial charge in [0.1, 0.15) is 5.60 Å². The third kappa shape index (κ3) is 5.21. The second-order valence-electron chi connectivity index (χ2n) is 6.96. The average molecular weight is 299 g/mol. The number of hydrogen-bond donors (Lipinski definition) is 1. The minimum Gasteiger partial charge on any atom is -0.469 e. The highest BCUT2D eigenvalue weighted by molar-refractivity contribution is 5.77. The van der Waals surface area contributed by atoms with Gasteiger partial charge in [0, 0.05) is 6.04 Å². The highest BCUT2D eigenvalue weighted by Crippen LogP contribution is 2.43. The molecule has 0 aromatic rings. The van der Waals surface area contributed by atoms with Crippen LogP contribution in [0, 0.1) is 5.41 Å². The van der Waals surface area contributed by atoms with Crippen molar-refractivity contribution in [2.75, 3.05) is 7.11 Å². The number of methoxy groups -OCH3 is 1. The molecular weight excluding hydrogens is 270 g/mol. The number of ether oxygens (including phenoxy) is 2. The van der Waals surface area contributed by atoms with Crippen LogP contribution in [0.1, 0.15) is 66.2 Å². The maximum atomic E-state index is 12.1. The molecule has 0 aromatic heterocycles. The van der Waals surface area contributed by atoms with Gasteiger partial charge in [0.25, 0.3) is 0 Å². The second kappa shape index (κ2) is 7.14. The predicted octanol–water partition coefficient (Wildman–Crippen LogP) is 3.41. The van der Waals surface area contributed by atoms with Gasteiger partial charge in [0.05, 0.1) is 12.5 Å². The number of hydrogen-bond acceptors (Lipinski definition) is 4. The molecule has 1 aliphatic rings. The van der Waals surface area contributed by atoms with E-state index in [1.165, 1.54) is 7.11 Å². The molecule has 1 N–H and O–H groups in total. The predicted molar refractivity (Wildman–Crippen MR) is 81.0 cm³/mol. The number of esters is 1. The second-order valence-corrected chi connectivity index (χ2v) is 6.96. The minimum atomic E-state index is -0.510. The van der Waals surface area contributed by atoms with Gasteiger partial charge in [-0.1, -0.05) is 19.8 Å². The number of carbonyl (C=O) groups excluding carboxylic acids is 2. The van der Waals surface area contributed by atoms with Crippen LogP contribution in [-0.4, -0.2) is 30.8 Å². The van der Waals surface area contributed by atoms with Crippen LogP contribution in [0.25, 0.3) is 0 Å². The molecule has 0 spiro atoms. The average Bonchev–Trinajstić information content (AvgIpc) is 2.77. The molecule has 5 nitrogen and oxygen atoms in total. The van der Waals surface area contributed by atoms with E-state index in [1.807, 2.05) is 20.8 Å². The molecule has 0 bridgehead atoms. The lowest BCUT2D eigenvalue weighted by molar-refractivity contribution is -0.153. The Hall–Kier alpha value is -1.26. The Morgan fingerprint density at radius 3 is 2.52 bits per heavy atom. The summed E-state index contributed by atoms with van der Waals surface area (Å²) in [6.07, 6.45) is 4.64. The molecule has 0 saturated heterocycles. The van der Waals surface area contributed by atoms with Crippen molar-refractivity contribution in [2.24, 2.45) is 5.41 Å². The number of rotatable bonds is 5. The highest BCUT2D eigenvalue weighted by atomic mass is 16.6. The van der Waals surface area contributed by atoms with Gasteiger partial charge in [0.15, 0.2) is 0 Å². The van der Waals surface area contributed by atoms with Crippen LogP contribution in [0.5, 0.6) is 0 Å². The van der Waals surface area contributed by atoms with Crippen LogP contribution in [0.15, 0.2) is 0 Å². The van der Waals surface area contributed by atoms with E-state index in [2.05, 4.69) is 12.2 Å². The molecule has 0 aliphatic heterocycles. The summed E-state index contributed by atoms with van der Waals surface area (Å²) in [4.78, 5) is 24.0. The summed E-state index contributed by atoms with van der Waals surface area (Å²) in [5, 5.41) is 2.88. The first-order chi connectivity index (χ1) is 9.72. The first-order valence-electron chi connectivity index (χ1n) is 7.80. The molecule has 2 unspecified atom stereocenters. The Bertz CT molecular complexity index is 375. The highest BCUT2D eigenvalue weighted by Gasteiger charge is 2.46. The molecule has 1 amide bonds. The number of alkyl carbamates (subject to hydrolysis) is 1. The summed E-state index contributed by atoms with van der Waals surface area (Å²) < 4.78 is 10.3. The fraction of sp³-hybridized carbons (Fsp3) is 0.875. The molecule has 1 aliphatic carbocycles. The standard InChI is InChI=1S/C16H29NO4/c1-6-7-9-16(13(18)20-5)10-8-12(11-16)17-14(19)21-15(2,3)4/h12H,6-11H2,1-5H3,(H,17,19). The normalized spacial score (nSPS) is 25.5. The first-order valence-corrected chi connectivity index (χ1v) is 7.80. The zero-order chi connectivity index (χ0) is 16.1. The zero-order valence-electron chi connectivity index (χ0n) is 14.0. The van der Waals surface area contributed by atoms with Gasteiger partial charge in [-0.2, -0.15) is 0 Å². The Morgan fingerprint density at radius 2 is 2.00 bits per heavy atom. The van der Waals surface area contributed by atoms with Crippen molar-refractivity contribution in [3.8, 4) is 0 Å². The smallest absolute Gasteiger partial charge is 0.407 e. The summed E-state index contributed by atoms with van der Waals surface area (Å²) >= 11 is 0. The van der Waals surface area contributed by atoms with Crippen LogP contribution in [0.4, 0.5) is 4.79 Å². The van der Waals surface area contributed by atoms with Crippen molar-refractivity contribution in [3.05, 3.63) is 0 Å². The zero-order valence-corrected chi connectivity index (χ0v) is 14.0. The molecule has 1 saturated carbocycles. The lowest BCUT2D eigenvalue weighted by Crippen LogP contribution is -2.39. The van der Waals surface area contributed by atoms with Gasteiger partial charge in [-0.3, -0.25) is 4.79 Å². The third-order valence-electron chi connectivity index (χ3n) is 3.96. The van der Waals surface area contributed by atoms with Crippen molar-refractivity contribution in [1.82, 2.24) is 5.32 Å². The van der Waals surface area contributed by atoms with Crippen molar-refractivity contribution >= 4 is 12.1 Å². The van der Waals surface area contributed by atoms with Crippen LogP contribution >= 0.6 is 0 Å². The van der Waals surface area contributed by atoms with Gasteiger partial charge in [-0.05, 0) is 46.5 Å². The van der Waals surface area contributed by atoms with E-state index >= 15 is 0 Å². The molecule has 21 heavy (non-hydrogen) atoms. The summed E-state index contributed by atoms with van der Waals surface area (Å²) in [5.74, 6) is -0.149. The van der Waals surface area contributed by atoms with Crippen LogP contribution in [0.3, 0.4) is 0 Å². The van der Waals surface area contributed by atoms with Crippen molar-refractivity contribution < 1.29 is 19.1 Å². The molecule has 1 fully saturated rings. The number of amides is 1. The minimum absolute atomic E-state index is 0.0178. The van der Waals surface area contributed by atoms with E-state index in [9.17, 15) is 9.59 Å². The number of carbonyl (C=O) groups is 2. The SMILES string of the molecule is CCCCC1(C(=O)OC)CCC(NC(=O)OC(C)(C)C)C1. The Balaban J connectivity index is 2.62. The number of unbranched alkanes of at least 4 members (excludes halogenated alkanes) is 1. The molecule has 122 valence electrons. The summed E-state index contributed by atoms with van der Waals surface area (Å²) in [7, 11) is 1.44. The van der Waals surface area contributed by atoms with Crippen molar-refractivity contribution in [2.45, 2.75) is 77.9 Å². The molecule has 5 heteroatoms. The summed E-state index contributed by atoms with van der Waals surface area (Å²) in [6.45, 7) is 7.61. The quantitative estimate of drug-likeness (QED) is 0.790. The molecule has 0 radical (unpaired) electrons. The lowest BCUT2D eigenvalue weighted by Gasteiger charge is -2.26. The van der Waals surface area contributed by atoms with E-state index in [-0.39, 0.29) is 12.0 Å². The Morgan fingerprint density at radius 1 is 1.33 bits per heavy atom. The Kier molecular flexibility index (Phi) is 6.05. The van der Waals surface area contributed by atoms with Gasteiger partial charge in [0.2, 0.25) is 0 Å². The van der Waals surface area contributed by atoms with Crippen LogP contribution < -0.4 is 5.32 Å². The maximum Gasteiger partial charge on any atom is 0.407 e. The molecule has 0 heterocycles. The molecule has 1 rings (SSSR count). The maximum absolute atomic E-state index is 12.1. The van der Waals surface area contributed by atoms with Crippen LogP contribution in [0.2, 0.25) is 0 Å². The van der Waals surface area contributed by atoms with Gasteiger partial charge < -0.3 is 14.8 Å². The van der Waals surface area contributed by atoms with Gasteiger partial charge >= 0.3 is 12.1 Å². The van der Waals surface area contributed by atoms with Crippen molar-refractivity contribution in [3.63, 3.8) is 0 Å². The lowest BCUT2D eigenvalue weighted by atomic mass is 9.81. The number of nitrogens with one attached hydrogen (secondary N) is 1. The largest absolute Gasteiger partial charge is 0.469 e. The molecular formula is C16H29NO4. The fourth-order valence-corrected chi connectivity index (χ4v) is 2.97. The first kappa shape index (κ1) is 17.8. The van der Waals surface area contributed by atoms with Crippen LogP contribution in [-0.2, 0) is 14.3 Å².